The highest BCUT2D eigenvalue weighted by Crippen LogP contribution is 2.44. The maximum Gasteiger partial charge on any atom is 0.164 e. The minimum atomic E-state index is 0.578. The standard InChI is InChI=1S/C90H56N8/c91-57-58-35-37-60(38-36-58)75-30-10-11-33-81(75)83-55-69-48-47-68(52-74(69)56-82(83)61-41-45-67(46-42-61)88-94-85(63-18-4-1-5-19-63)93-86(95-88)64-20-6-2-7-21-64)59-39-43-66(44-40-59)89-96-87(65-22-8-3-9-23-65)97-90(98-89)73-28-15-26-71(54-73)77-50-49-76(79-31-12-13-32-80(77)79)70-25-14-27-72(53-70)78-34-16-24-62-29-17-51-92-84(62)78/h1-56H. The molecule has 98 heavy (non-hydrogen) atoms. The first-order valence-corrected chi connectivity index (χ1v) is 32.6. The van der Waals surface area contributed by atoms with E-state index in [4.69, 9.17) is 34.9 Å². The van der Waals surface area contributed by atoms with Crippen molar-refractivity contribution in [1.82, 2.24) is 34.9 Å². The van der Waals surface area contributed by atoms with Crippen LogP contribution in [-0.4, -0.2) is 34.9 Å². The number of nitriles is 1. The highest BCUT2D eigenvalue weighted by molar-refractivity contribution is 6.06. The number of pyridine rings is 1. The quantitative estimate of drug-likeness (QED) is 0.112. The predicted molar refractivity (Wildman–Crippen MR) is 399 cm³/mol. The van der Waals surface area contributed by atoms with E-state index in [-0.39, 0.29) is 0 Å². The summed E-state index contributed by atoms with van der Waals surface area (Å²) in [5, 5.41) is 15.3. The number of benzene rings is 14. The fraction of sp³-hybridized carbons (Fsp3) is 0. The van der Waals surface area contributed by atoms with Gasteiger partial charge in [-0.25, -0.2) is 29.9 Å². The van der Waals surface area contributed by atoms with Crippen LogP contribution in [0.1, 0.15) is 5.56 Å². The second-order valence-electron chi connectivity index (χ2n) is 24.3. The lowest BCUT2D eigenvalue weighted by molar-refractivity contribution is 1.07. The Kier molecular flexibility index (Phi) is 15.1. The molecule has 0 spiro atoms. The normalized spacial score (nSPS) is 11.3. The Bertz CT molecular complexity index is 5850. The molecular formula is C90H56N8. The van der Waals surface area contributed by atoms with E-state index < -0.39 is 0 Å². The molecule has 3 aromatic heterocycles. The van der Waals surface area contributed by atoms with Crippen LogP contribution in [0.15, 0.2) is 340 Å². The van der Waals surface area contributed by atoms with Crippen molar-refractivity contribution < 1.29 is 0 Å². The largest absolute Gasteiger partial charge is 0.256 e. The van der Waals surface area contributed by atoms with Crippen molar-refractivity contribution in [2.45, 2.75) is 0 Å². The number of nitrogens with zero attached hydrogens (tertiary/aromatic N) is 8. The minimum Gasteiger partial charge on any atom is -0.256 e. The van der Waals surface area contributed by atoms with Crippen molar-refractivity contribution in [3.05, 3.63) is 345 Å². The number of fused-ring (bicyclic) bond motifs is 3. The highest BCUT2D eigenvalue weighted by Gasteiger charge is 2.20. The number of hydrogen-bond donors (Lipinski definition) is 0. The molecule has 8 heteroatoms. The summed E-state index contributed by atoms with van der Waals surface area (Å²) in [6, 6.07) is 118. The molecule has 0 fully saturated rings. The molecule has 456 valence electrons. The Balaban J connectivity index is 0.717. The third-order valence-corrected chi connectivity index (χ3v) is 18.3. The molecule has 0 unspecified atom stereocenters. The molecule has 0 bridgehead atoms. The summed E-state index contributed by atoms with van der Waals surface area (Å²) in [6.07, 6.45) is 1.86. The molecule has 0 saturated carbocycles. The van der Waals surface area contributed by atoms with Gasteiger partial charge in [-0.2, -0.15) is 5.26 Å². The van der Waals surface area contributed by atoms with E-state index in [1.807, 2.05) is 128 Å². The molecule has 0 N–H and O–H groups in total. The van der Waals surface area contributed by atoms with Crippen molar-refractivity contribution in [3.8, 4) is 152 Å². The van der Waals surface area contributed by atoms with Crippen LogP contribution in [0, 0.1) is 11.3 Å². The van der Waals surface area contributed by atoms with E-state index in [0.29, 0.717) is 40.5 Å². The van der Waals surface area contributed by atoms with Crippen molar-refractivity contribution in [3.63, 3.8) is 0 Å². The van der Waals surface area contributed by atoms with Gasteiger partial charge in [0, 0.05) is 50.5 Å². The van der Waals surface area contributed by atoms with Crippen LogP contribution in [-0.2, 0) is 0 Å². The van der Waals surface area contributed by atoms with Crippen LogP contribution < -0.4 is 0 Å². The maximum absolute atomic E-state index is 9.71. The van der Waals surface area contributed by atoms with Crippen molar-refractivity contribution in [2.75, 3.05) is 0 Å². The van der Waals surface area contributed by atoms with Crippen LogP contribution in [0.3, 0.4) is 0 Å². The Morgan fingerprint density at radius 3 is 1.15 bits per heavy atom. The zero-order chi connectivity index (χ0) is 65.3. The molecule has 14 aromatic carbocycles. The topological polar surface area (TPSA) is 114 Å². The summed E-state index contributed by atoms with van der Waals surface area (Å²) >= 11 is 0. The monoisotopic (exact) mass is 1250 g/mol. The highest BCUT2D eigenvalue weighted by atomic mass is 15.0. The van der Waals surface area contributed by atoms with E-state index in [2.05, 4.69) is 218 Å². The Labute approximate surface area is 567 Å². The van der Waals surface area contributed by atoms with E-state index in [0.717, 1.165) is 144 Å². The number of rotatable bonds is 13. The molecule has 17 aromatic rings. The van der Waals surface area contributed by atoms with Gasteiger partial charge >= 0.3 is 0 Å². The fourth-order valence-electron chi connectivity index (χ4n) is 13.4. The van der Waals surface area contributed by atoms with Crippen LogP contribution in [0.25, 0.3) is 179 Å². The SMILES string of the molecule is N#Cc1ccc(-c2ccccc2-c2cc3ccc(-c4ccc(-c5nc(-c6ccccc6)nc(-c6cccc(-c7ccc(-c8cccc(-c9cccc%10cccnc9%10)c8)c8ccccc78)c6)n5)cc4)cc3cc2-c2ccc(-c3nc(-c4ccccc4)nc(-c4ccccc4)n3)cc2)cc1. The molecule has 0 atom stereocenters. The Morgan fingerprint density at radius 1 is 0.204 bits per heavy atom. The van der Waals surface area contributed by atoms with Gasteiger partial charge in [-0.15, -0.1) is 0 Å². The van der Waals surface area contributed by atoms with Crippen LogP contribution >= 0.6 is 0 Å². The molecule has 17 rings (SSSR count). The molecule has 0 amide bonds. The molecular weight excluding hydrogens is 1190 g/mol. The lowest BCUT2D eigenvalue weighted by atomic mass is 9.86. The van der Waals surface area contributed by atoms with Gasteiger partial charge in [0.25, 0.3) is 0 Å². The van der Waals surface area contributed by atoms with E-state index in [9.17, 15) is 5.26 Å². The van der Waals surface area contributed by atoms with E-state index in [1.54, 1.807) is 0 Å². The second-order valence-corrected chi connectivity index (χ2v) is 24.3. The second kappa shape index (κ2) is 25.4. The summed E-state index contributed by atoms with van der Waals surface area (Å²) < 4.78 is 0. The summed E-state index contributed by atoms with van der Waals surface area (Å²) in [5.41, 5.74) is 22.1. The Hall–Kier alpha value is -13.5. The third-order valence-electron chi connectivity index (χ3n) is 18.3. The van der Waals surface area contributed by atoms with Crippen LogP contribution in [0.5, 0.6) is 0 Å². The zero-order valence-electron chi connectivity index (χ0n) is 52.9. The van der Waals surface area contributed by atoms with Gasteiger partial charge in [-0.05, 0) is 142 Å². The molecule has 0 radical (unpaired) electrons. The Morgan fingerprint density at radius 2 is 0.592 bits per heavy atom. The lowest BCUT2D eigenvalue weighted by Gasteiger charge is -2.17. The average molecular weight is 1250 g/mol. The first kappa shape index (κ1) is 58.3. The summed E-state index contributed by atoms with van der Waals surface area (Å²) in [6.45, 7) is 0. The molecule has 8 nitrogen and oxygen atoms in total. The zero-order valence-corrected chi connectivity index (χ0v) is 52.9. The maximum atomic E-state index is 9.71. The summed E-state index contributed by atoms with van der Waals surface area (Å²) in [7, 11) is 0. The van der Waals surface area contributed by atoms with Gasteiger partial charge < -0.3 is 0 Å². The summed E-state index contributed by atoms with van der Waals surface area (Å²) in [4.78, 5) is 35.4. The van der Waals surface area contributed by atoms with Gasteiger partial charge in [0.05, 0.1) is 17.1 Å². The van der Waals surface area contributed by atoms with Gasteiger partial charge in [-0.1, -0.05) is 285 Å². The molecule has 0 saturated heterocycles. The lowest BCUT2D eigenvalue weighted by Crippen LogP contribution is -2.00. The predicted octanol–water partition coefficient (Wildman–Crippen LogP) is 22.5. The fourth-order valence-corrected chi connectivity index (χ4v) is 13.4. The van der Waals surface area contributed by atoms with Gasteiger partial charge in [-0.3, -0.25) is 4.98 Å². The first-order valence-electron chi connectivity index (χ1n) is 32.6. The smallest absolute Gasteiger partial charge is 0.164 e. The van der Waals surface area contributed by atoms with Crippen molar-refractivity contribution >= 4 is 32.4 Å². The van der Waals surface area contributed by atoms with Gasteiger partial charge in [0.2, 0.25) is 0 Å². The molecule has 0 aliphatic heterocycles. The molecule has 0 aliphatic carbocycles. The number of hydrogen-bond acceptors (Lipinski definition) is 8. The summed E-state index contributed by atoms with van der Waals surface area (Å²) in [5.74, 6) is 3.56. The average Bonchev–Trinajstić information content (AvgIpc) is 0.769. The molecule has 3 heterocycles. The van der Waals surface area contributed by atoms with Crippen LogP contribution in [0.2, 0.25) is 0 Å². The van der Waals surface area contributed by atoms with Crippen molar-refractivity contribution in [1.29, 1.82) is 5.26 Å². The molecule has 0 aliphatic rings. The number of aromatic nitrogens is 7. The van der Waals surface area contributed by atoms with Crippen LogP contribution in [0.4, 0.5) is 0 Å². The van der Waals surface area contributed by atoms with E-state index in [1.165, 1.54) is 0 Å². The van der Waals surface area contributed by atoms with Crippen molar-refractivity contribution in [2.24, 2.45) is 0 Å². The van der Waals surface area contributed by atoms with Gasteiger partial charge in [0.15, 0.2) is 34.9 Å². The minimum absolute atomic E-state index is 0.578. The third kappa shape index (κ3) is 11.4. The van der Waals surface area contributed by atoms with Gasteiger partial charge in [0.1, 0.15) is 0 Å². The van der Waals surface area contributed by atoms with E-state index >= 15 is 0 Å². The number of para-hydroxylation sites is 1. The first-order chi connectivity index (χ1) is 48.5.